The summed E-state index contributed by atoms with van der Waals surface area (Å²) in [4.78, 5) is 39.1. The first kappa shape index (κ1) is 60.0. The Bertz CT molecular complexity index is 3290. The largest absolute Gasteiger partial charge is 0.650 e. The van der Waals surface area contributed by atoms with Gasteiger partial charge in [-0.2, -0.15) is 26.9 Å². The van der Waals surface area contributed by atoms with E-state index in [0.29, 0.717) is 62.4 Å². The molecule has 10 aromatic heterocycles. The van der Waals surface area contributed by atoms with Gasteiger partial charge in [0.25, 0.3) is 0 Å². The van der Waals surface area contributed by atoms with Crippen LogP contribution in [0.1, 0.15) is 17.1 Å². The van der Waals surface area contributed by atoms with Crippen molar-refractivity contribution >= 4 is 83.1 Å². The van der Waals surface area contributed by atoms with Crippen molar-refractivity contribution in [1.82, 2.24) is 49.8 Å². The molecule has 0 bridgehead atoms. The van der Waals surface area contributed by atoms with E-state index in [9.17, 15) is 22.0 Å². The number of hydrogen-bond acceptors (Lipinski definition) is 15. The van der Waals surface area contributed by atoms with Gasteiger partial charge in [-0.3, -0.25) is 29.9 Å². The Morgan fingerprint density at radius 1 is 0.333 bits per heavy atom. The molecule has 0 N–H and O–H groups in total. The molecule has 0 saturated carbocycles. The Labute approximate surface area is 487 Å². The van der Waals surface area contributed by atoms with Crippen molar-refractivity contribution in [2.45, 2.75) is 20.8 Å². The van der Waals surface area contributed by atoms with Crippen molar-refractivity contribution in [2.75, 3.05) is 0 Å². The first-order valence-corrected chi connectivity index (χ1v) is 25.7. The maximum atomic E-state index is 13.8. The highest BCUT2D eigenvalue weighted by Gasteiger charge is 2.17. The Morgan fingerprint density at radius 2 is 0.718 bits per heavy atom. The zero-order valence-corrected chi connectivity index (χ0v) is 49.1. The molecule has 0 aromatic carbocycles. The lowest BCUT2D eigenvalue weighted by Gasteiger charge is -2.13. The van der Waals surface area contributed by atoms with E-state index in [1.54, 1.807) is 98.4 Å². The van der Waals surface area contributed by atoms with Crippen LogP contribution in [0.4, 0.5) is 22.0 Å². The molecule has 0 unspecified atom stereocenters. The first-order chi connectivity index (χ1) is 37.8. The molecule has 10 aromatic rings. The molecule has 10 rings (SSSR count). The third-order valence-electron chi connectivity index (χ3n) is 10.4. The van der Waals surface area contributed by atoms with E-state index < -0.39 is 29.7 Å². The predicted molar refractivity (Wildman–Crippen MR) is 290 cm³/mol. The van der Waals surface area contributed by atoms with Crippen molar-refractivity contribution in [1.29, 1.82) is 0 Å². The van der Waals surface area contributed by atoms with E-state index in [1.807, 2.05) is 56.3 Å². The van der Waals surface area contributed by atoms with Crippen molar-refractivity contribution in [3.05, 3.63) is 212 Å². The predicted octanol–water partition coefficient (Wildman–Crippen LogP) is 8.31. The second kappa shape index (κ2) is 30.7. The highest BCUT2D eigenvalue weighted by atomic mass is 27.1. The van der Waals surface area contributed by atoms with Crippen LogP contribution in [0.15, 0.2) is 165 Å². The number of hydrogen-bond donors (Lipinski definition) is 0. The summed E-state index contributed by atoms with van der Waals surface area (Å²) in [5.74, 6) is -1.26. The van der Waals surface area contributed by atoms with Gasteiger partial charge >= 0.3 is 83.1 Å². The number of rotatable bonds is 10. The van der Waals surface area contributed by atoms with Crippen LogP contribution in [-0.4, -0.2) is 133 Å². The number of aryl methyl sites for hydroxylation is 3. The van der Waals surface area contributed by atoms with Crippen LogP contribution in [0, 0.1) is 50.5 Å². The fourth-order valence-electron chi connectivity index (χ4n) is 7.04. The second-order valence-electron chi connectivity index (χ2n) is 15.5. The molecular formula is C53H41Al5F5N10O5. The summed E-state index contributed by atoms with van der Waals surface area (Å²) < 4.78 is 92.2. The summed E-state index contributed by atoms with van der Waals surface area (Å²) in [5, 5.41) is 0. The normalized spacial score (nSPS) is 10.1. The fourth-order valence-corrected chi connectivity index (χ4v) is 8.20. The van der Waals surface area contributed by atoms with Crippen LogP contribution in [0.3, 0.4) is 0 Å². The van der Waals surface area contributed by atoms with Gasteiger partial charge < -0.3 is 18.9 Å². The quantitative estimate of drug-likeness (QED) is 0.0726. The van der Waals surface area contributed by atoms with E-state index in [1.165, 1.54) is 91.2 Å². The molecule has 5 radical (unpaired) electrons. The van der Waals surface area contributed by atoms with Crippen LogP contribution in [0.25, 0.3) is 56.3 Å². The van der Waals surface area contributed by atoms with Crippen LogP contribution in [0.2, 0.25) is 0 Å². The van der Waals surface area contributed by atoms with Crippen molar-refractivity contribution in [3.63, 3.8) is 0 Å². The molecule has 383 valence electrons. The van der Waals surface area contributed by atoms with Gasteiger partial charge in [0, 0.05) is 66.9 Å². The maximum Gasteiger partial charge on any atom is 0.494 e. The van der Waals surface area contributed by atoms with E-state index in [0.717, 1.165) is 51.1 Å². The maximum absolute atomic E-state index is 13.8. The summed E-state index contributed by atoms with van der Waals surface area (Å²) in [5.41, 5.74) is 7.83. The highest BCUT2D eigenvalue weighted by Crippen LogP contribution is 2.34. The van der Waals surface area contributed by atoms with Crippen LogP contribution in [-0.2, 0) is 0 Å². The van der Waals surface area contributed by atoms with Gasteiger partial charge in [-0.25, -0.2) is 15.0 Å². The summed E-state index contributed by atoms with van der Waals surface area (Å²) in [7, 11) is 0. The fraction of sp³-hybridized carbons (Fsp3) is 0.0566. The number of halogens is 5. The highest BCUT2D eigenvalue weighted by molar-refractivity contribution is 6.02. The molecule has 0 aliphatic carbocycles. The zero-order valence-electron chi connectivity index (χ0n) is 42.0. The monoisotopic (exact) mass is 1130 g/mol. The minimum absolute atomic E-state index is 0.0667. The average molecular weight is 1130 g/mol. The minimum atomic E-state index is -0.930. The second-order valence-corrected chi connectivity index (χ2v) is 17.0. The molecule has 0 aliphatic rings. The van der Waals surface area contributed by atoms with Gasteiger partial charge in [-0.05, 0) is 99.6 Å². The molecule has 0 atom stereocenters. The summed E-state index contributed by atoms with van der Waals surface area (Å²) >= 11 is 6.48. The first-order valence-electron chi connectivity index (χ1n) is 22.8. The number of aromatic nitrogens is 10. The lowest BCUT2D eigenvalue weighted by Crippen LogP contribution is -1.99. The SMILES string of the molecule is Cc1cc([O][AlH])c(-c2ccccn2)c(C)n1.Cc1cc([O][AlH])c(-c2ccccn2)c(F)n1.Fc1cc([O][AlH])c(-c2ccccn2)c(F)n1.Fc1cc([O][AlH])c(-c2ccccn2)cn1.Fc1nccc([O][AlH])c1-c1ccccn1. The standard InChI is InChI=1S/C12H12N2O.C11H9FN2O.C10H6F2N2O.2C10H7FN2O.5Al.5H/c1-8-7-11(15)12(9(2)14-8)10-5-3-4-6-13-10;1-7-6-9(15)10(11(12)14-7)8-4-2-3-5-13-8;11-8-5-7(15)9(10(12)14-8)6-3-1-2-4-13-6;11-10-9(8(14)4-6-13-10)7-3-1-2-5-12-7;11-10-5-9(14)7(6-13-10)8-3-1-2-4-12-8;;;;;;;;;;/h3-7H,1-2H3,(H,14,15);2-6H,1H3,(H,14,15);1-5H,(H,14,15);2*1-6H,(H,13,14);;;;;;;;;;/q;;;;;5*+1;;;;;/p-5. The van der Waals surface area contributed by atoms with Crippen molar-refractivity contribution < 1.29 is 40.9 Å². The Kier molecular flexibility index (Phi) is 23.6. The topological polar surface area (TPSA) is 175 Å². The van der Waals surface area contributed by atoms with Crippen molar-refractivity contribution in [3.8, 4) is 85.0 Å². The van der Waals surface area contributed by atoms with Crippen molar-refractivity contribution in [2.24, 2.45) is 0 Å². The summed E-state index contributed by atoms with van der Waals surface area (Å²) in [6, 6.07) is 34.4. The summed E-state index contributed by atoms with van der Waals surface area (Å²) in [6.07, 6.45) is 10.9. The lowest BCUT2D eigenvalue weighted by molar-refractivity contribution is 0.498. The van der Waals surface area contributed by atoms with E-state index in [4.69, 9.17) is 18.9 Å². The average Bonchev–Trinajstić information content (AvgIpc) is 3.47. The van der Waals surface area contributed by atoms with E-state index in [2.05, 4.69) is 49.8 Å². The van der Waals surface area contributed by atoms with Gasteiger partial charge in [0.15, 0.2) is 0 Å². The van der Waals surface area contributed by atoms with Gasteiger partial charge in [-0.15, -0.1) is 0 Å². The zero-order chi connectivity index (χ0) is 56.0. The number of pyridine rings is 10. The molecular weight excluding hydrogens is 1090 g/mol. The van der Waals surface area contributed by atoms with Crippen LogP contribution in [0.5, 0.6) is 28.7 Å². The van der Waals surface area contributed by atoms with E-state index in [-0.39, 0.29) is 11.3 Å². The molecule has 0 spiro atoms. The third kappa shape index (κ3) is 16.7. The molecule has 78 heavy (non-hydrogen) atoms. The molecule has 0 aliphatic heterocycles. The Balaban J connectivity index is 0.000000158. The Morgan fingerprint density at radius 3 is 1.17 bits per heavy atom. The molecule has 0 amide bonds. The smallest absolute Gasteiger partial charge is 0.494 e. The molecule has 0 saturated heterocycles. The lowest BCUT2D eigenvalue weighted by atomic mass is 10.1. The minimum Gasteiger partial charge on any atom is -0.650 e. The van der Waals surface area contributed by atoms with Gasteiger partial charge in [0.2, 0.25) is 29.7 Å². The molecule has 0 fully saturated rings. The number of nitrogens with zero attached hydrogens (tertiary/aromatic N) is 10. The van der Waals surface area contributed by atoms with E-state index >= 15 is 0 Å². The van der Waals surface area contributed by atoms with Crippen LogP contribution >= 0.6 is 0 Å². The Hall–Kier alpha value is -7.19. The van der Waals surface area contributed by atoms with Gasteiger partial charge in [0.1, 0.15) is 0 Å². The van der Waals surface area contributed by atoms with Crippen LogP contribution < -0.4 is 18.9 Å². The molecule has 10 heterocycles. The molecule has 15 nitrogen and oxygen atoms in total. The van der Waals surface area contributed by atoms with Gasteiger partial charge in [-0.1, -0.05) is 30.3 Å². The third-order valence-corrected chi connectivity index (χ3v) is 11.9. The van der Waals surface area contributed by atoms with Gasteiger partial charge in [0.05, 0.1) is 90.7 Å². The summed E-state index contributed by atoms with van der Waals surface area (Å²) in [6.45, 7) is 5.65. The molecule has 25 heteroatoms.